The molecule has 0 spiro atoms. The molecule has 0 amide bonds. The maximum atomic E-state index is 13.6. The van der Waals surface area contributed by atoms with Crippen molar-refractivity contribution in [1.82, 2.24) is 9.97 Å². The summed E-state index contributed by atoms with van der Waals surface area (Å²) in [6, 6.07) is 13.1. The van der Waals surface area contributed by atoms with Gasteiger partial charge in [0.1, 0.15) is 24.0 Å². The van der Waals surface area contributed by atoms with E-state index in [0.717, 1.165) is 28.7 Å². The molecule has 1 heterocycles. The zero-order chi connectivity index (χ0) is 24.0. The van der Waals surface area contributed by atoms with Crippen LogP contribution in [-0.2, 0) is 18.2 Å². The number of fused-ring (bicyclic) bond motifs is 1. The lowest BCUT2D eigenvalue weighted by Crippen LogP contribution is -2.11. The molecule has 0 bridgehead atoms. The Morgan fingerprint density at radius 3 is 2.42 bits per heavy atom. The Kier molecular flexibility index (Phi) is 5.86. The second kappa shape index (κ2) is 8.37. The van der Waals surface area contributed by atoms with Gasteiger partial charge in [-0.2, -0.15) is 13.2 Å². The molecule has 4 aromatic rings. The van der Waals surface area contributed by atoms with E-state index in [4.69, 9.17) is 21.3 Å². The molecule has 4 rings (SSSR count). The number of aromatic nitrogens is 2. The first-order chi connectivity index (χ1) is 15.4. The van der Waals surface area contributed by atoms with Crippen LogP contribution in [-0.4, -0.2) is 9.97 Å². The van der Waals surface area contributed by atoms with Crippen molar-refractivity contribution in [3.63, 3.8) is 0 Å². The average Bonchev–Trinajstić information content (AvgIpc) is 3.15. The number of ether oxygens (including phenoxy) is 1. The molecule has 0 aliphatic heterocycles. The summed E-state index contributed by atoms with van der Waals surface area (Å²) in [5.41, 5.74) is 2.06. The van der Waals surface area contributed by atoms with Crippen molar-refractivity contribution in [3.05, 3.63) is 82.1 Å². The molecule has 33 heavy (non-hydrogen) atoms. The number of hydrogen-bond acceptors (Lipinski definition) is 2. The van der Waals surface area contributed by atoms with E-state index < -0.39 is 24.2 Å². The Morgan fingerprint density at radius 1 is 0.970 bits per heavy atom. The van der Waals surface area contributed by atoms with Gasteiger partial charge in [0.2, 0.25) is 0 Å². The summed E-state index contributed by atoms with van der Waals surface area (Å²) in [6.07, 6.45) is -4.63. The smallest absolute Gasteiger partial charge is 0.416 e. The van der Waals surface area contributed by atoms with Crippen LogP contribution in [0.5, 0.6) is 5.75 Å². The van der Waals surface area contributed by atoms with Crippen LogP contribution in [0, 0.1) is 5.82 Å². The van der Waals surface area contributed by atoms with Crippen molar-refractivity contribution in [3.8, 4) is 17.1 Å². The summed E-state index contributed by atoms with van der Waals surface area (Å²) in [6.45, 7) is 5.81. The van der Waals surface area contributed by atoms with Gasteiger partial charge in [-0.05, 0) is 53.4 Å². The maximum absolute atomic E-state index is 13.6. The van der Waals surface area contributed by atoms with E-state index in [0.29, 0.717) is 17.5 Å². The summed E-state index contributed by atoms with van der Waals surface area (Å²) in [7, 11) is 0. The van der Waals surface area contributed by atoms with Crippen molar-refractivity contribution in [2.75, 3.05) is 0 Å². The Morgan fingerprint density at radius 2 is 1.73 bits per heavy atom. The lowest BCUT2D eigenvalue weighted by molar-refractivity contribution is -0.138. The van der Waals surface area contributed by atoms with Crippen molar-refractivity contribution in [1.29, 1.82) is 0 Å². The van der Waals surface area contributed by atoms with Crippen LogP contribution in [0.15, 0.2) is 54.6 Å². The zero-order valence-corrected chi connectivity index (χ0v) is 18.9. The predicted molar refractivity (Wildman–Crippen MR) is 121 cm³/mol. The third-order valence-corrected chi connectivity index (χ3v) is 5.59. The van der Waals surface area contributed by atoms with Crippen LogP contribution in [0.4, 0.5) is 17.6 Å². The number of nitrogens with zero attached hydrogens (tertiary/aromatic N) is 1. The lowest BCUT2D eigenvalue weighted by Gasteiger charge is -2.19. The minimum Gasteiger partial charge on any atom is -0.487 e. The van der Waals surface area contributed by atoms with Crippen molar-refractivity contribution in [2.45, 2.75) is 39.0 Å². The Hall–Kier alpha value is -3.06. The highest BCUT2D eigenvalue weighted by molar-refractivity contribution is 6.32. The van der Waals surface area contributed by atoms with E-state index in [1.165, 1.54) is 0 Å². The van der Waals surface area contributed by atoms with Crippen LogP contribution >= 0.6 is 11.6 Å². The van der Waals surface area contributed by atoms with Crippen molar-refractivity contribution < 1.29 is 22.3 Å². The molecule has 0 fully saturated rings. The number of nitrogens with one attached hydrogen (secondary N) is 1. The number of hydrogen-bond donors (Lipinski definition) is 1. The van der Waals surface area contributed by atoms with E-state index in [9.17, 15) is 17.6 Å². The van der Waals surface area contributed by atoms with Gasteiger partial charge >= 0.3 is 6.18 Å². The second-order valence-corrected chi connectivity index (χ2v) is 9.18. The third-order valence-electron chi connectivity index (χ3n) is 5.28. The van der Waals surface area contributed by atoms with Crippen molar-refractivity contribution >= 4 is 22.6 Å². The summed E-state index contributed by atoms with van der Waals surface area (Å²) < 4.78 is 59.0. The van der Waals surface area contributed by atoms with Gasteiger partial charge in [-0.25, -0.2) is 9.37 Å². The Balaban J connectivity index is 1.67. The monoisotopic (exact) mass is 476 g/mol. The number of aromatic amines is 1. The van der Waals surface area contributed by atoms with E-state index in [2.05, 4.69) is 25.8 Å². The number of H-pyrrole nitrogens is 1. The minimum absolute atomic E-state index is 0.110. The molecule has 1 aromatic heterocycles. The van der Waals surface area contributed by atoms with Gasteiger partial charge in [-0.15, -0.1) is 0 Å². The molecule has 0 unspecified atom stereocenters. The normalized spacial score (nSPS) is 12.4. The van der Waals surface area contributed by atoms with Gasteiger partial charge in [0.25, 0.3) is 0 Å². The fourth-order valence-electron chi connectivity index (χ4n) is 3.65. The molecule has 3 aromatic carbocycles. The lowest BCUT2D eigenvalue weighted by atomic mass is 9.86. The van der Waals surface area contributed by atoms with Crippen LogP contribution < -0.4 is 4.74 Å². The number of para-hydroxylation sites is 1. The molecule has 8 heteroatoms. The van der Waals surface area contributed by atoms with Crippen LogP contribution in [0.2, 0.25) is 5.02 Å². The first-order valence-electron chi connectivity index (χ1n) is 10.2. The fraction of sp³-hybridized carbons (Fsp3) is 0.240. The third kappa shape index (κ3) is 4.83. The number of halogens is 5. The molecule has 0 saturated heterocycles. The molecule has 1 N–H and O–H groups in total. The highest BCUT2D eigenvalue weighted by Crippen LogP contribution is 2.36. The minimum atomic E-state index is -4.63. The van der Waals surface area contributed by atoms with Gasteiger partial charge < -0.3 is 9.72 Å². The largest absolute Gasteiger partial charge is 0.487 e. The van der Waals surface area contributed by atoms with E-state index in [1.54, 1.807) is 18.2 Å². The molecule has 0 aliphatic rings. The number of imidazole rings is 1. The van der Waals surface area contributed by atoms with Crippen LogP contribution in [0.1, 0.15) is 37.5 Å². The molecule has 172 valence electrons. The van der Waals surface area contributed by atoms with E-state index in [1.807, 2.05) is 18.2 Å². The second-order valence-electron chi connectivity index (χ2n) is 8.77. The van der Waals surface area contributed by atoms with Crippen molar-refractivity contribution in [2.24, 2.45) is 0 Å². The number of benzene rings is 3. The first kappa shape index (κ1) is 23.1. The summed E-state index contributed by atoms with van der Waals surface area (Å²) in [5, 5.41) is 0.218. The molecular formula is C25H21ClF4N2O. The topological polar surface area (TPSA) is 37.9 Å². The highest BCUT2D eigenvalue weighted by atomic mass is 35.5. The van der Waals surface area contributed by atoms with Gasteiger partial charge in [-0.3, -0.25) is 0 Å². The van der Waals surface area contributed by atoms with Gasteiger partial charge in [0.15, 0.2) is 0 Å². The quantitative estimate of drug-likeness (QED) is 0.304. The Labute approximate surface area is 193 Å². The van der Waals surface area contributed by atoms with Crippen LogP contribution in [0.3, 0.4) is 0 Å². The molecule has 0 atom stereocenters. The van der Waals surface area contributed by atoms with Gasteiger partial charge in [0.05, 0.1) is 21.6 Å². The SMILES string of the molecule is CC(C)(C)c1cccc2[nH]c(-c3ccc(Cl)c(OCc4cc(F)ccc4C(F)(F)F)c3)nc12. The molecular weight excluding hydrogens is 456 g/mol. The van der Waals surface area contributed by atoms with E-state index >= 15 is 0 Å². The van der Waals surface area contributed by atoms with Gasteiger partial charge in [-0.1, -0.05) is 44.5 Å². The number of alkyl halides is 3. The number of rotatable bonds is 4. The summed E-state index contributed by atoms with van der Waals surface area (Å²) in [5.74, 6) is -0.0358. The van der Waals surface area contributed by atoms with Crippen LogP contribution in [0.25, 0.3) is 22.4 Å². The van der Waals surface area contributed by atoms with E-state index in [-0.39, 0.29) is 21.8 Å². The predicted octanol–water partition coefficient (Wildman–Crippen LogP) is 7.92. The fourth-order valence-corrected chi connectivity index (χ4v) is 3.82. The Bertz CT molecular complexity index is 1320. The maximum Gasteiger partial charge on any atom is 0.416 e. The molecule has 0 radical (unpaired) electrons. The zero-order valence-electron chi connectivity index (χ0n) is 18.1. The van der Waals surface area contributed by atoms with Gasteiger partial charge in [0, 0.05) is 11.1 Å². The molecule has 0 saturated carbocycles. The average molecular weight is 477 g/mol. The molecule has 3 nitrogen and oxygen atoms in total. The first-order valence-corrected chi connectivity index (χ1v) is 10.6. The molecule has 0 aliphatic carbocycles. The summed E-state index contributed by atoms with van der Waals surface area (Å²) >= 11 is 6.22. The standard InChI is InChI=1S/C25H21ClF4N2O/c1-24(2,3)18-5-4-6-20-22(18)32-23(31-20)14-7-10-19(26)21(12-14)33-13-15-11-16(27)8-9-17(15)25(28,29)30/h4-12H,13H2,1-3H3,(H,31,32). The summed E-state index contributed by atoms with van der Waals surface area (Å²) in [4.78, 5) is 8.02. The highest BCUT2D eigenvalue weighted by Gasteiger charge is 2.33.